The van der Waals surface area contributed by atoms with Crippen molar-refractivity contribution < 1.29 is 4.79 Å². The van der Waals surface area contributed by atoms with Crippen LogP contribution >= 0.6 is 11.8 Å². The van der Waals surface area contributed by atoms with E-state index in [4.69, 9.17) is 5.26 Å². The number of aromatic amines is 1. The summed E-state index contributed by atoms with van der Waals surface area (Å²) in [6.07, 6.45) is 0.993. The molecule has 25 heavy (non-hydrogen) atoms. The molecule has 0 bridgehead atoms. The number of nitriles is 1. The number of carbonyl (C=O) groups excluding carboxylic acids is 1. The Morgan fingerprint density at radius 2 is 2.04 bits per heavy atom. The number of hydrogen-bond acceptors (Lipinski definition) is 5. The second-order valence-corrected chi connectivity index (χ2v) is 6.36. The topological polar surface area (TPSA) is 82.4 Å². The number of ketones is 1. The Kier molecular flexibility index (Phi) is 5.26. The lowest BCUT2D eigenvalue weighted by Crippen LogP contribution is -2.02. The number of carbonyl (C=O) groups is 1. The zero-order valence-electron chi connectivity index (χ0n) is 13.7. The van der Waals surface area contributed by atoms with E-state index in [-0.39, 0.29) is 11.5 Å². The van der Waals surface area contributed by atoms with Gasteiger partial charge in [-0.25, -0.2) is 4.98 Å². The van der Waals surface area contributed by atoms with Crippen LogP contribution in [0.5, 0.6) is 0 Å². The normalized spacial score (nSPS) is 10.4. The van der Waals surface area contributed by atoms with E-state index in [0.717, 1.165) is 12.0 Å². The van der Waals surface area contributed by atoms with E-state index in [9.17, 15) is 4.79 Å². The summed E-state index contributed by atoms with van der Waals surface area (Å²) in [5.41, 5.74) is 3.23. The number of nitrogens with zero attached hydrogens (tertiary/aromatic N) is 3. The fraction of sp³-hybridized carbons (Fsp3) is 0.158. The van der Waals surface area contributed by atoms with Crippen molar-refractivity contribution in [1.29, 1.82) is 5.26 Å². The first kappa shape index (κ1) is 16.9. The van der Waals surface area contributed by atoms with Crippen molar-refractivity contribution in [2.45, 2.75) is 18.5 Å². The predicted octanol–water partition coefficient (Wildman–Crippen LogP) is 3.88. The average Bonchev–Trinajstić information content (AvgIpc) is 3.15. The molecular formula is C19H16N4OS. The van der Waals surface area contributed by atoms with E-state index >= 15 is 0 Å². The number of aryl methyl sites for hydroxylation is 1. The van der Waals surface area contributed by atoms with Gasteiger partial charge in [0.05, 0.1) is 17.4 Å². The Morgan fingerprint density at radius 1 is 1.24 bits per heavy atom. The van der Waals surface area contributed by atoms with Gasteiger partial charge in [0.15, 0.2) is 11.6 Å². The molecule has 0 fully saturated rings. The first-order valence-electron chi connectivity index (χ1n) is 7.87. The van der Waals surface area contributed by atoms with Crippen molar-refractivity contribution >= 4 is 17.5 Å². The van der Waals surface area contributed by atoms with Crippen LogP contribution in [0.15, 0.2) is 53.7 Å². The van der Waals surface area contributed by atoms with Crippen molar-refractivity contribution in [3.05, 3.63) is 65.2 Å². The first-order chi connectivity index (χ1) is 12.2. The van der Waals surface area contributed by atoms with Crippen LogP contribution in [0.25, 0.3) is 11.4 Å². The Bertz CT molecular complexity index is 925. The van der Waals surface area contributed by atoms with Crippen LogP contribution < -0.4 is 0 Å². The summed E-state index contributed by atoms with van der Waals surface area (Å²) < 4.78 is 0. The van der Waals surface area contributed by atoms with E-state index < -0.39 is 0 Å². The third-order valence-electron chi connectivity index (χ3n) is 3.75. The Balaban J connectivity index is 1.65. The van der Waals surface area contributed by atoms with Gasteiger partial charge in [0.25, 0.3) is 0 Å². The maximum Gasteiger partial charge on any atom is 0.209 e. The molecule has 0 atom stereocenters. The van der Waals surface area contributed by atoms with Crippen LogP contribution in [0.2, 0.25) is 0 Å². The van der Waals surface area contributed by atoms with Gasteiger partial charge in [-0.1, -0.05) is 55.1 Å². The highest BCUT2D eigenvalue weighted by Gasteiger charge is 2.11. The lowest BCUT2D eigenvalue weighted by atomic mass is 10.1. The molecule has 0 aliphatic carbocycles. The van der Waals surface area contributed by atoms with Crippen molar-refractivity contribution in [2.75, 3.05) is 5.75 Å². The van der Waals surface area contributed by atoms with Gasteiger partial charge in [-0.15, -0.1) is 5.10 Å². The van der Waals surface area contributed by atoms with E-state index in [1.807, 2.05) is 18.2 Å². The molecule has 0 unspecified atom stereocenters. The molecule has 0 aliphatic rings. The molecule has 5 nitrogen and oxygen atoms in total. The minimum absolute atomic E-state index is 0.0549. The fourth-order valence-corrected chi connectivity index (χ4v) is 3.01. The highest BCUT2D eigenvalue weighted by molar-refractivity contribution is 7.99. The van der Waals surface area contributed by atoms with Gasteiger partial charge in [0, 0.05) is 11.1 Å². The minimum atomic E-state index is -0.0549. The number of rotatable bonds is 6. The molecule has 0 amide bonds. The van der Waals surface area contributed by atoms with E-state index in [1.54, 1.807) is 24.3 Å². The molecule has 3 rings (SSSR count). The van der Waals surface area contributed by atoms with E-state index in [1.165, 1.54) is 17.3 Å². The zero-order chi connectivity index (χ0) is 17.6. The largest absolute Gasteiger partial charge is 0.293 e. The van der Waals surface area contributed by atoms with Crippen molar-refractivity contribution in [3.8, 4) is 17.5 Å². The van der Waals surface area contributed by atoms with E-state index in [0.29, 0.717) is 22.1 Å². The number of nitrogens with one attached hydrogen (secondary N) is 1. The van der Waals surface area contributed by atoms with Crippen LogP contribution in [0, 0.1) is 11.3 Å². The molecule has 2 aromatic carbocycles. The Hall–Kier alpha value is -2.91. The third-order valence-corrected chi connectivity index (χ3v) is 4.59. The second kappa shape index (κ2) is 7.77. The molecule has 3 aromatic rings. The minimum Gasteiger partial charge on any atom is -0.293 e. The molecule has 0 saturated heterocycles. The van der Waals surface area contributed by atoms with Crippen molar-refractivity contribution in [1.82, 2.24) is 15.2 Å². The Labute approximate surface area is 150 Å². The van der Waals surface area contributed by atoms with Gasteiger partial charge in [0.1, 0.15) is 0 Å². The highest BCUT2D eigenvalue weighted by Crippen LogP contribution is 2.20. The predicted molar refractivity (Wildman–Crippen MR) is 97.4 cm³/mol. The van der Waals surface area contributed by atoms with Gasteiger partial charge in [-0.05, 0) is 24.1 Å². The second-order valence-electron chi connectivity index (χ2n) is 5.42. The summed E-state index contributed by atoms with van der Waals surface area (Å²) in [6.45, 7) is 2.11. The molecule has 1 N–H and O–H groups in total. The zero-order valence-corrected chi connectivity index (χ0v) is 14.5. The summed E-state index contributed by atoms with van der Waals surface area (Å²) in [5, 5.41) is 16.5. The number of H-pyrrole nitrogens is 1. The number of hydrogen-bond donors (Lipinski definition) is 1. The Morgan fingerprint density at radius 3 is 2.76 bits per heavy atom. The van der Waals surface area contributed by atoms with Crippen LogP contribution in [0.4, 0.5) is 0 Å². The monoisotopic (exact) mass is 348 g/mol. The maximum absolute atomic E-state index is 12.2. The third kappa shape index (κ3) is 4.14. The average molecular weight is 348 g/mol. The number of thioether (sulfide) groups is 1. The van der Waals surface area contributed by atoms with Crippen LogP contribution in [-0.4, -0.2) is 26.7 Å². The van der Waals surface area contributed by atoms with Gasteiger partial charge in [0.2, 0.25) is 5.16 Å². The molecule has 0 aliphatic heterocycles. The molecule has 6 heteroatoms. The molecule has 1 aromatic heterocycles. The molecule has 0 spiro atoms. The molecule has 0 saturated carbocycles. The summed E-state index contributed by atoms with van der Waals surface area (Å²) in [4.78, 5) is 16.7. The smallest absolute Gasteiger partial charge is 0.209 e. The van der Waals surface area contributed by atoms with Gasteiger partial charge in [-0.3, -0.25) is 9.89 Å². The number of Topliss-reactive ketones (excluding diaryl/α,β-unsaturated/α-hetero) is 1. The maximum atomic E-state index is 12.2. The van der Waals surface area contributed by atoms with E-state index in [2.05, 4.69) is 34.2 Å². The van der Waals surface area contributed by atoms with Gasteiger partial charge < -0.3 is 0 Å². The number of benzene rings is 2. The van der Waals surface area contributed by atoms with Gasteiger partial charge in [-0.2, -0.15) is 5.26 Å². The summed E-state index contributed by atoms with van der Waals surface area (Å²) >= 11 is 1.27. The van der Waals surface area contributed by atoms with Crippen molar-refractivity contribution in [2.24, 2.45) is 0 Å². The van der Waals surface area contributed by atoms with Crippen LogP contribution in [-0.2, 0) is 6.42 Å². The molecular weight excluding hydrogens is 332 g/mol. The SMILES string of the molecule is CCc1ccc(-c2nc(SCC(=O)c3cccc(C#N)c3)n[nH]2)cc1. The summed E-state index contributed by atoms with van der Waals surface area (Å²) in [5.74, 6) is 0.853. The first-order valence-corrected chi connectivity index (χ1v) is 8.86. The van der Waals surface area contributed by atoms with Crippen LogP contribution in [0.1, 0.15) is 28.4 Å². The van der Waals surface area contributed by atoms with Crippen LogP contribution in [0.3, 0.4) is 0 Å². The lowest BCUT2D eigenvalue weighted by molar-refractivity contribution is 0.102. The molecule has 0 radical (unpaired) electrons. The standard InChI is InChI=1S/C19H16N4OS/c1-2-13-6-8-15(9-7-13)18-21-19(23-22-18)25-12-17(24)16-5-3-4-14(10-16)11-20/h3-10H,2,12H2,1H3,(H,21,22,23). The van der Waals surface area contributed by atoms with Gasteiger partial charge >= 0.3 is 0 Å². The highest BCUT2D eigenvalue weighted by atomic mass is 32.2. The summed E-state index contributed by atoms with van der Waals surface area (Å²) in [6, 6.07) is 16.9. The summed E-state index contributed by atoms with van der Waals surface area (Å²) in [7, 11) is 0. The fourth-order valence-electron chi connectivity index (χ4n) is 2.31. The molecule has 1 heterocycles. The quantitative estimate of drug-likeness (QED) is 0.540. The molecule has 124 valence electrons. The lowest BCUT2D eigenvalue weighted by Gasteiger charge is -1.99. The van der Waals surface area contributed by atoms with Crippen molar-refractivity contribution in [3.63, 3.8) is 0 Å². The number of aromatic nitrogens is 3.